The van der Waals surface area contributed by atoms with Gasteiger partial charge in [-0.05, 0) is 6.55 Å². The van der Waals surface area contributed by atoms with Crippen LogP contribution in [-0.2, 0) is 9.22 Å². The maximum absolute atomic E-state index is 9.60. The average molecular weight is 116 g/mol. The zero-order valence-corrected chi connectivity index (χ0v) is 5.31. The number of aldehydes is 1. The summed E-state index contributed by atoms with van der Waals surface area (Å²) >= 11 is 0. The van der Waals surface area contributed by atoms with Crippen molar-refractivity contribution in [3.63, 3.8) is 0 Å². The van der Waals surface area contributed by atoms with Crippen LogP contribution in [0.5, 0.6) is 0 Å². The largest absolute Gasteiger partial charge is 0.417 e. The van der Waals surface area contributed by atoms with Gasteiger partial charge in [-0.3, -0.25) is 0 Å². The van der Waals surface area contributed by atoms with Gasteiger partial charge in [0, 0.05) is 13.0 Å². The van der Waals surface area contributed by atoms with E-state index in [1.165, 1.54) is 0 Å². The second-order valence-corrected chi connectivity index (χ2v) is 1.70. The molecule has 0 aliphatic carbocycles. The van der Waals surface area contributed by atoms with E-state index in [0.29, 0.717) is 22.8 Å². The Morgan fingerprint density at radius 3 is 3.00 bits per heavy atom. The van der Waals surface area contributed by atoms with Crippen LogP contribution in [-0.4, -0.2) is 22.7 Å². The van der Waals surface area contributed by atoms with Gasteiger partial charge in [0.1, 0.15) is 6.29 Å². The minimum absolute atomic E-state index is 0.509. The summed E-state index contributed by atoms with van der Waals surface area (Å²) in [4.78, 5) is 9.60. The van der Waals surface area contributed by atoms with E-state index in [0.717, 1.165) is 6.29 Å². The molecule has 0 N–H and O–H groups in total. The van der Waals surface area contributed by atoms with E-state index < -0.39 is 0 Å². The molecule has 0 rings (SSSR count). The topological polar surface area (TPSA) is 26.3 Å². The van der Waals surface area contributed by atoms with E-state index in [-0.39, 0.29) is 0 Å². The average Bonchev–Trinajstić information content (AvgIpc) is 1.69. The molecule has 0 aromatic heterocycles. The van der Waals surface area contributed by atoms with Crippen LogP contribution >= 0.6 is 0 Å². The molecule has 0 bridgehead atoms. The summed E-state index contributed by atoms with van der Waals surface area (Å²) in [6, 6.07) is 0. The van der Waals surface area contributed by atoms with Crippen LogP contribution in [0.25, 0.3) is 0 Å². The fraction of sp³-hybridized carbons (Fsp3) is 0.750. The lowest BCUT2D eigenvalue weighted by Gasteiger charge is -1.89. The van der Waals surface area contributed by atoms with Crippen molar-refractivity contribution >= 4 is 16.0 Å². The molecule has 0 heterocycles. The van der Waals surface area contributed by atoms with Crippen molar-refractivity contribution in [3.8, 4) is 0 Å². The van der Waals surface area contributed by atoms with E-state index in [1.807, 2.05) is 6.55 Å². The molecule has 0 saturated carbocycles. The Morgan fingerprint density at radius 1 is 1.86 bits per heavy atom. The van der Waals surface area contributed by atoms with Crippen molar-refractivity contribution in [3.05, 3.63) is 0 Å². The van der Waals surface area contributed by atoms with Gasteiger partial charge in [0.15, 0.2) is 0 Å². The number of carbonyl (C=O) groups is 1. The van der Waals surface area contributed by atoms with Crippen LogP contribution in [0.3, 0.4) is 0 Å². The molecule has 0 saturated heterocycles. The van der Waals surface area contributed by atoms with Gasteiger partial charge in [0.2, 0.25) is 9.76 Å². The molecule has 0 aromatic carbocycles. The lowest BCUT2D eigenvalue weighted by Crippen LogP contribution is -1.95. The summed E-state index contributed by atoms with van der Waals surface area (Å²) in [6.07, 6.45) is 1.39. The first-order valence-corrected chi connectivity index (χ1v) is 3.54. The third kappa shape index (κ3) is 5.85. The fourth-order valence-electron chi connectivity index (χ4n) is 0.209. The quantitative estimate of drug-likeness (QED) is 0.299. The normalized spacial score (nSPS) is 8.71. The van der Waals surface area contributed by atoms with Gasteiger partial charge in [0.25, 0.3) is 0 Å². The summed E-state index contributed by atoms with van der Waals surface area (Å²) in [5.41, 5.74) is 0. The molecule has 0 spiro atoms. The molecule has 7 heavy (non-hydrogen) atoms. The number of carbonyl (C=O) groups excluding carboxylic acids is 1. The molecule has 40 valence electrons. The zero-order valence-electron chi connectivity index (χ0n) is 4.31. The predicted molar refractivity (Wildman–Crippen MR) is 28.3 cm³/mol. The second kappa shape index (κ2) is 5.85. The molecule has 3 heteroatoms. The second-order valence-electron chi connectivity index (χ2n) is 1.01. The minimum atomic E-state index is 0.509. The molecular weight excluding hydrogens is 108 g/mol. The molecule has 0 aliphatic rings. The van der Waals surface area contributed by atoms with Gasteiger partial charge < -0.3 is 9.22 Å². The van der Waals surface area contributed by atoms with E-state index >= 15 is 0 Å². The maximum atomic E-state index is 9.60. The summed E-state index contributed by atoms with van der Waals surface area (Å²) in [5.74, 6) is 0. The first-order chi connectivity index (χ1) is 3.41. The van der Waals surface area contributed by atoms with Gasteiger partial charge in [-0.1, -0.05) is 0 Å². The van der Waals surface area contributed by atoms with Crippen molar-refractivity contribution in [1.82, 2.24) is 0 Å². The molecule has 2 nitrogen and oxygen atoms in total. The van der Waals surface area contributed by atoms with Crippen molar-refractivity contribution in [2.45, 2.75) is 13.0 Å². The van der Waals surface area contributed by atoms with E-state index in [4.69, 9.17) is 4.43 Å². The van der Waals surface area contributed by atoms with E-state index in [1.54, 1.807) is 0 Å². The summed E-state index contributed by atoms with van der Waals surface area (Å²) in [6.45, 7) is 2.52. The summed E-state index contributed by atoms with van der Waals surface area (Å²) in [5, 5.41) is 0. The van der Waals surface area contributed by atoms with Crippen LogP contribution in [0.15, 0.2) is 0 Å². The number of hydrogen-bond acceptors (Lipinski definition) is 2. The Bertz CT molecular complexity index is 47.0. The summed E-state index contributed by atoms with van der Waals surface area (Å²) < 4.78 is 4.87. The van der Waals surface area contributed by atoms with Gasteiger partial charge >= 0.3 is 0 Å². The predicted octanol–water partition coefficient (Wildman–Crippen LogP) is 0.259. The highest BCUT2D eigenvalue weighted by atomic mass is 28.2. The van der Waals surface area contributed by atoms with Crippen molar-refractivity contribution < 1.29 is 9.22 Å². The van der Waals surface area contributed by atoms with Crippen LogP contribution < -0.4 is 0 Å². The lowest BCUT2D eigenvalue weighted by molar-refractivity contribution is -0.108. The number of rotatable bonds is 4. The molecule has 0 aromatic rings. The first kappa shape index (κ1) is 6.85. The first-order valence-electron chi connectivity index (χ1n) is 2.14. The molecule has 2 radical (unpaired) electrons. The highest BCUT2D eigenvalue weighted by molar-refractivity contribution is 6.24. The lowest BCUT2D eigenvalue weighted by atomic mass is 10.5. The minimum Gasteiger partial charge on any atom is -0.417 e. The molecule has 0 aliphatic heterocycles. The zero-order chi connectivity index (χ0) is 5.54. The van der Waals surface area contributed by atoms with Gasteiger partial charge in [-0.15, -0.1) is 0 Å². The highest BCUT2D eigenvalue weighted by Crippen LogP contribution is 1.72. The smallest absolute Gasteiger partial charge is 0.226 e. The van der Waals surface area contributed by atoms with E-state index in [2.05, 4.69) is 0 Å². The van der Waals surface area contributed by atoms with Crippen LogP contribution in [0.1, 0.15) is 6.42 Å². The highest BCUT2D eigenvalue weighted by Gasteiger charge is 1.79. The van der Waals surface area contributed by atoms with Crippen molar-refractivity contribution in [2.75, 3.05) is 6.61 Å². The molecule has 0 unspecified atom stereocenters. The third-order valence-electron chi connectivity index (χ3n) is 0.482. The van der Waals surface area contributed by atoms with Crippen LogP contribution in [0.2, 0.25) is 6.55 Å². The van der Waals surface area contributed by atoms with Gasteiger partial charge in [-0.25, -0.2) is 0 Å². The molecule has 0 fully saturated rings. The SMILES string of the molecule is C[Si]OCCC=O. The Balaban J connectivity index is 2.56. The van der Waals surface area contributed by atoms with Crippen molar-refractivity contribution in [2.24, 2.45) is 0 Å². The fourth-order valence-corrected chi connectivity index (χ4v) is 0.531. The molecule has 0 amide bonds. The Hall–Kier alpha value is -0.153. The van der Waals surface area contributed by atoms with Crippen LogP contribution in [0.4, 0.5) is 0 Å². The Labute approximate surface area is 45.8 Å². The third-order valence-corrected chi connectivity index (χ3v) is 0.975. The summed E-state index contributed by atoms with van der Waals surface area (Å²) in [7, 11) is 0.509. The Kier molecular flexibility index (Phi) is 5.72. The van der Waals surface area contributed by atoms with Gasteiger partial charge in [0.05, 0.1) is 0 Å². The molecule has 0 atom stereocenters. The van der Waals surface area contributed by atoms with E-state index in [9.17, 15) is 4.79 Å². The Morgan fingerprint density at radius 2 is 2.57 bits per heavy atom. The standard InChI is InChI=1S/C4H8O2Si/c1-7-6-4-2-3-5/h3H,2,4H2,1H3. The van der Waals surface area contributed by atoms with Crippen LogP contribution in [0, 0.1) is 0 Å². The van der Waals surface area contributed by atoms with Gasteiger partial charge in [-0.2, -0.15) is 0 Å². The molecular formula is C4H8O2Si. The maximum Gasteiger partial charge on any atom is 0.226 e. The van der Waals surface area contributed by atoms with Crippen molar-refractivity contribution in [1.29, 1.82) is 0 Å². The monoisotopic (exact) mass is 116 g/mol. The number of hydrogen-bond donors (Lipinski definition) is 0.